The summed E-state index contributed by atoms with van der Waals surface area (Å²) in [4.78, 5) is 13.1. The van der Waals surface area contributed by atoms with Gasteiger partial charge in [0.1, 0.15) is 4.90 Å². The Kier molecular flexibility index (Phi) is 2.59. The van der Waals surface area contributed by atoms with E-state index in [0.717, 1.165) is 4.31 Å². The molecule has 2 N–H and O–H groups in total. The highest BCUT2D eigenvalue weighted by Gasteiger charge is 2.37. The van der Waals surface area contributed by atoms with Crippen LogP contribution in [0.4, 0.5) is 10.5 Å². The lowest BCUT2D eigenvalue weighted by Crippen LogP contribution is -2.46. The van der Waals surface area contributed by atoms with Crippen LogP contribution in [0.5, 0.6) is 0 Å². The summed E-state index contributed by atoms with van der Waals surface area (Å²) < 4.78 is 24.9. The van der Waals surface area contributed by atoms with Crippen molar-refractivity contribution in [1.82, 2.24) is 4.31 Å². The van der Waals surface area contributed by atoms with E-state index in [1.807, 2.05) is 0 Å². The van der Waals surface area contributed by atoms with Gasteiger partial charge >= 0.3 is 6.03 Å². The third-order valence-electron chi connectivity index (χ3n) is 2.82. The average Bonchev–Trinajstić information content (AvgIpc) is 2.33. The Balaban J connectivity index is 2.74. The molecule has 0 radical (unpaired) electrons. The highest BCUT2D eigenvalue weighted by atomic mass is 32.2. The lowest BCUT2D eigenvalue weighted by molar-refractivity contribution is 0.234. The van der Waals surface area contributed by atoms with Crippen molar-refractivity contribution in [2.75, 3.05) is 19.0 Å². The van der Waals surface area contributed by atoms with Gasteiger partial charge in [-0.25, -0.2) is 17.5 Å². The molecular weight excluding hydrogens is 242 g/mol. The molecule has 0 atom stereocenters. The lowest BCUT2D eigenvalue weighted by atomic mass is 10.2. The zero-order chi connectivity index (χ0) is 12.8. The van der Waals surface area contributed by atoms with Crippen molar-refractivity contribution in [2.24, 2.45) is 5.73 Å². The zero-order valence-corrected chi connectivity index (χ0v) is 10.4. The van der Waals surface area contributed by atoms with Crippen LogP contribution in [0, 0.1) is 0 Å². The molecule has 2 amide bonds. The summed E-state index contributed by atoms with van der Waals surface area (Å²) in [5.74, 6) is 0. The van der Waals surface area contributed by atoms with Gasteiger partial charge in [0.15, 0.2) is 0 Å². The highest BCUT2D eigenvalue weighted by Crippen LogP contribution is 2.33. The fraction of sp³-hybridized carbons (Fsp3) is 0.300. The number of hydrogen-bond acceptors (Lipinski definition) is 4. The molecule has 0 unspecified atom stereocenters. The molecule has 1 aliphatic rings. The number of carbonyl (C=O) groups excluding carboxylic acids is 1. The molecular formula is C10H13N3O3S. The van der Waals surface area contributed by atoms with E-state index in [1.165, 1.54) is 25.1 Å². The highest BCUT2D eigenvalue weighted by molar-refractivity contribution is 7.90. The van der Waals surface area contributed by atoms with E-state index >= 15 is 0 Å². The number of nitrogens with zero attached hydrogens (tertiary/aromatic N) is 2. The van der Waals surface area contributed by atoms with E-state index in [2.05, 4.69) is 0 Å². The van der Waals surface area contributed by atoms with Crippen LogP contribution in [0.15, 0.2) is 23.1 Å². The minimum absolute atomic E-state index is 0.116. The van der Waals surface area contributed by atoms with Crippen LogP contribution in [0.2, 0.25) is 0 Å². The number of urea groups is 1. The van der Waals surface area contributed by atoms with Crippen LogP contribution in [-0.2, 0) is 16.6 Å². The number of sulfonamides is 1. The molecule has 1 aromatic rings. The molecule has 0 spiro atoms. The molecule has 6 nitrogen and oxygen atoms in total. The zero-order valence-electron chi connectivity index (χ0n) is 9.54. The van der Waals surface area contributed by atoms with Gasteiger partial charge < -0.3 is 5.73 Å². The predicted octanol–water partition coefficient (Wildman–Crippen LogP) is 0.336. The van der Waals surface area contributed by atoms with Crippen molar-refractivity contribution in [2.45, 2.75) is 11.4 Å². The van der Waals surface area contributed by atoms with Gasteiger partial charge in [-0.3, -0.25) is 4.90 Å². The van der Waals surface area contributed by atoms with Crippen molar-refractivity contribution in [3.05, 3.63) is 23.8 Å². The van der Waals surface area contributed by atoms with Gasteiger partial charge in [0.05, 0.1) is 5.69 Å². The van der Waals surface area contributed by atoms with Gasteiger partial charge in [0.25, 0.3) is 10.0 Å². The number of fused-ring (bicyclic) bond motifs is 1. The number of amides is 2. The third-order valence-corrected chi connectivity index (χ3v) is 4.58. The molecule has 1 heterocycles. The molecule has 1 aliphatic heterocycles. The maximum atomic E-state index is 12.1. The Labute approximate surface area is 99.7 Å². The minimum atomic E-state index is -3.75. The second-order valence-electron chi connectivity index (χ2n) is 3.82. The Morgan fingerprint density at radius 1 is 1.29 bits per heavy atom. The fourth-order valence-electron chi connectivity index (χ4n) is 1.73. The second-order valence-corrected chi connectivity index (χ2v) is 5.76. The maximum absolute atomic E-state index is 12.1. The van der Waals surface area contributed by atoms with Gasteiger partial charge in [0, 0.05) is 20.6 Å². The number of nitrogens with two attached hydrogens (primary N) is 1. The molecule has 0 saturated heterocycles. The predicted molar refractivity (Wildman–Crippen MR) is 63.1 cm³/mol. The van der Waals surface area contributed by atoms with Gasteiger partial charge in [-0.05, 0) is 17.7 Å². The van der Waals surface area contributed by atoms with Crippen molar-refractivity contribution >= 4 is 21.7 Å². The molecule has 0 aliphatic carbocycles. The van der Waals surface area contributed by atoms with Crippen molar-refractivity contribution in [3.63, 3.8) is 0 Å². The van der Waals surface area contributed by atoms with E-state index in [9.17, 15) is 13.2 Å². The van der Waals surface area contributed by atoms with Crippen molar-refractivity contribution in [3.8, 4) is 0 Å². The van der Waals surface area contributed by atoms with E-state index < -0.39 is 16.1 Å². The standard InChI is InChI=1S/C10H13N3O3S/c1-12-8-4-3-7(6-11)5-9(8)17(15,16)13(2)10(12)14/h3-5H,6,11H2,1-2H3. The first-order valence-corrected chi connectivity index (χ1v) is 6.43. The summed E-state index contributed by atoms with van der Waals surface area (Å²) >= 11 is 0. The number of hydrogen-bond donors (Lipinski definition) is 1. The number of anilines is 1. The Hall–Kier alpha value is -1.60. The third kappa shape index (κ3) is 1.58. The quantitative estimate of drug-likeness (QED) is 0.784. The Morgan fingerprint density at radius 3 is 2.53 bits per heavy atom. The van der Waals surface area contributed by atoms with E-state index in [4.69, 9.17) is 5.73 Å². The van der Waals surface area contributed by atoms with Gasteiger partial charge in [-0.1, -0.05) is 6.07 Å². The topological polar surface area (TPSA) is 83.7 Å². The van der Waals surface area contributed by atoms with Crippen LogP contribution in [-0.4, -0.2) is 32.8 Å². The summed E-state index contributed by atoms with van der Waals surface area (Å²) in [7, 11) is -0.970. The smallest absolute Gasteiger partial charge is 0.326 e. The molecule has 2 rings (SSSR count). The van der Waals surface area contributed by atoms with Crippen LogP contribution in [0.1, 0.15) is 5.56 Å². The minimum Gasteiger partial charge on any atom is -0.326 e. The molecule has 92 valence electrons. The van der Waals surface area contributed by atoms with Crippen LogP contribution >= 0.6 is 0 Å². The SMILES string of the molecule is CN1C(=O)N(C)S(=O)(=O)c2cc(CN)ccc21. The number of benzene rings is 1. The first-order chi connectivity index (χ1) is 7.89. The first kappa shape index (κ1) is 11.9. The number of rotatable bonds is 1. The van der Waals surface area contributed by atoms with Gasteiger partial charge in [-0.2, -0.15) is 0 Å². The van der Waals surface area contributed by atoms with Crippen LogP contribution in [0.25, 0.3) is 0 Å². The van der Waals surface area contributed by atoms with Crippen LogP contribution < -0.4 is 10.6 Å². The maximum Gasteiger partial charge on any atom is 0.337 e. The monoisotopic (exact) mass is 255 g/mol. The lowest BCUT2D eigenvalue weighted by Gasteiger charge is -2.32. The normalized spacial score (nSPS) is 18.2. The van der Waals surface area contributed by atoms with Crippen molar-refractivity contribution in [1.29, 1.82) is 0 Å². The summed E-state index contributed by atoms with van der Waals surface area (Å²) in [5.41, 5.74) is 6.57. The molecule has 0 fully saturated rings. The first-order valence-electron chi connectivity index (χ1n) is 4.99. The number of carbonyl (C=O) groups is 1. The second kappa shape index (κ2) is 3.71. The average molecular weight is 255 g/mol. The molecule has 7 heteroatoms. The van der Waals surface area contributed by atoms with Gasteiger partial charge in [0.2, 0.25) is 0 Å². The molecule has 0 aromatic heterocycles. The Morgan fingerprint density at radius 2 is 1.94 bits per heavy atom. The van der Waals surface area contributed by atoms with E-state index in [0.29, 0.717) is 11.3 Å². The van der Waals surface area contributed by atoms with Crippen molar-refractivity contribution < 1.29 is 13.2 Å². The summed E-state index contributed by atoms with van der Waals surface area (Å²) in [6.45, 7) is 0.254. The molecule has 0 saturated carbocycles. The summed E-state index contributed by atoms with van der Waals surface area (Å²) in [6.07, 6.45) is 0. The molecule has 0 bridgehead atoms. The summed E-state index contributed by atoms with van der Waals surface area (Å²) in [6, 6.07) is 4.24. The Bertz CT molecular complexity index is 582. The van der Waals surface area contributed by atoms with Crippen LogP contribution in [0.3, 0.4) is 0 Å². The van der Waals surface area contributed by atoms with E-state index in [1.54, 1.807) is 12.1 Å². The molecule has 17 heavy (non-hydrogen) atoms. The fourth-order valence-corrected chi connectivity index (χ4v) is 3.13. The molecule has 1 aromatic carbocycles. The summed E-state index contributed by atoms with van der Waals surface area (Å²) in [5, 5.41) is 0. The largest absolute Gasteiger partial charge is 0.337 e. The van der Waals surface area contributed by atoms with E-state index in [-0.39, 0.29) is 11.4 Å². The van der Waals surface area contributed by atoms with Gasteiger partial charge in [-0.15, -0.1) is 0 Å².